The summed E-state index contributed by atoms with van der Waals surface area (Å²) in [4.78, 5) is 17.1. The fourth-order valence-corrected chi connectivity index (χ4v) is 3.75. The van der Waals surface area contributed by atoms with E-state index in [9.17, 15) is 4.79 Å². The number of aryl methyl sites for hydroxylation is 1. The lowest BCUT2D eigenvalue weighted by Gasteiger charge is -2.24. The second-order valence-electron chi connectivity index (χ2n) is 6.86. The zero-order valence-electron chi connectivity index (χ0n) is 15.4. The first-order valence-corrected chi connectivity index (χ1v) is 9.29. The largest absolute Gasteiger partial charge is 0.369 e. The van der Waals surface area contributed by atoms with Gasteiger partial charge in [0.1, 0.15) is 10.7 Å². The van der Waals surface area contributed by atoms with Crippen molar-refractivity contribution in [3.63, 3.8) is 0 Å². The van der Waals surface area contributed by atoms with E-state index in [0.717, 1.165) is 16.8 Å². The van der Waals surface area contributed by atoms with Gasteiger partial charge in [0.2, 0.25) is 0 Å². The fourth-order valence-electron chi connectivity index (χ4n) is 3.57. The van der Waals surface area contributed by atoms with Gasteiger partial charge < -0.3 is 10.1 Å². The normalized spacial score (nSPS) is 19.3. The topological polar surface area (TPSA) is 86.3 Å². The summed E-state index contributed by atoms with van der Waals surface area (Å²) >= 11 is 6.00. The third-order valence-electron chi connectivity index (χ3n) is 4.77. The quantitative estimate of drug-likeness (QED) is 0.739. The Kier molecular flexibility index (Phi) is 4.61. The molecule has 4 heterocycles. The molecule has 1 aliphatic heterocycles. The predicted molar refractivity (Wildman–Crippen MR) is 99.9 cm³/mol. The van der Waals surface area contributed by atoms with E-state index >= 15 is 0 Å². The van der Waals surface area contributed by atoms with Crippen molar-refractivity contribution < 1.29 is 9.53 Å². The number of hydrogen-bond donors (Lipinski definition) is 1. The van der Waals surface area contributed by atoms with Gasteiger partial charge in [-0.1, -0.05) is 11.6 Å². The highest BCUT2D eigenvalue weighted by Crippen LogP contribution is 2.31. The maximum Gasteiger partial charge on any atom is 0.269 e. The molecule has 1 N–H and O–H groups in total. The summed E-state index contributed by atoms with van der Waals surface area (Å²) in [6, 6.07) is 0. The fraction of sp³-hybridized carbons (Fsp3) is 0.444. The molecule has 0 bridgehead atoms. The summed E-state index contributed by atoms with van der Waals surface area (Å²) in [5, 5.41) is 12.1. The van der Waals surface area contributed by atoms with Gasteiger partial charge in [-0.25, -0.2) is 9.50 Å². The van der Waals surface area contributed by atoms with Crippen LogP contribution in [0, 0.1) is 0 Å². The Morgan fingerprint density at radius 3 is 3.04 bits per heavy atom. The molecule has 0 saturated carbocycles. The van der Waals surface area contributed by atoms with Crippen molar-refractivity contribution >= 4 is 23.2 Å². The molecule has 1 aliphatic rings. The number of amides is 1. The van der Waals surface area contributed by atoms with Crippen LogP contribution in [0.15, 0.2) is 18.6 Å². The third kappa shape index (κ3) is 3.30. The van der Waals surface area contributed by atoms with Crippen LogP contribution in [0.4, 0.5) is 0 Å². The molecule has 0 aliphatic carbocycles. The lowest BCUT2D eigenvalue weighted by Crippen LogP contribution is -2.30. The number of nitrogens with zero attached hydrogens (tertiary/aromatic N) is 5. The van der Waals surface area contributed by atoms with Crippen LogP contribution < -0.4 is 5.32 Å². The molecule has 0 radical (unpaired) electrons. The van der Waals surface area contributed by atoms with Crippen molar-refractivity contribution in [3.05, 3.63) is 46.1 Å². The van der Waals surface area contributed by atoms with Crippen molar-refractivity contribution in [1.29, 1.82) is 0 Å². The van der Waals surface area contributed by atoms with E-state index in [2.05, 4.69) is 20.5 Å². The van der Waals surface area contributed by atoms with E-state index in [1.807, 2.05) is 20.0 Å². The number of ether oxygens (including phenoxy) is 1. The lowest BCUT2D eigenvalue weighted by molar-refractivity contribution is -0.00709. The lowest BCUT2D eigenvalue weighted by atomic mass is 9.99. The molecular weight excluding hydrogens is 368 g/mol. The summed E-state index contributed by atoms with van der Waals surface area (Å²) in [6.07, 6.45) is 6.48. The van der Waals surface area contributed by atoms with Gasteiger partial charge in [0.25, 0.3) is 5.91 Å². The molecular formula is C18H21ClN6O2. The number of fused-ring (bicyclic) bond motifs is 2. The third-order valence-corrected chi connectivity index (χ3v) is 5.04. The Balaban J connectivity index is 1.45. The molecule has 0 unspecified atom stereocenters. The Morgan fingerprint density at radius 2 is 2.22 bits per heavy atom. The monoisotopic (exact) mass is 388 g/mol. The van der Waals surface area contributed by atoms with Crippen LogP contribution in [0.3, 0.4) is 0 Å². The van der Waals surface area contributed by atoms with E-state index in [4.69, 9.17) is 16.3 Å². The van der Waals surface area contributed by atoms with Crippen LogP contribution >= 0.6 is 11.6 Å². The maximum atomic E-state index is 12.8. The summed E-state index contributed by atoms with van der Waals surface area (Å²) in [5.74, 6) is -0.122. The van der Waals surface area contributed by atoms with E-state index in [0.29, 0.717) is 35.8 Å². The van der Waals surface area contributed by atoms with Crippen molar-refractivity contribution in [2.45, 2.75) is 38.9 Å². The number of halogens is 1. The number of aromatic nitrogens is 5. The Morgan fingerprint density at radius 1 is 1.41 bits per heavy atom. The van der Waals surface area contributed by atoms with Crippen molar-refractivity contribution in [1.82, 2.24) is 29.7 Å². The molecule has 27 heavy (non-hydrogen) atoms. The second-order valence-corrected chi connectivity index (χ2v) is 7.27. The molecule has 1 amide bonds. The number of rotatable bonds is 4. The first-order valence-electron chi connectivity index (χ1n) is 8.91. The van der Waals surface area contributed by atoms with Crippen LogP contribution in [-0.2, 0) is 24.6 Å². The van der Waals surface area contributed by atoms with Gasteiger partial charge in [0, 0.05) is 38.0 Å². The highest BCUT2D eigenvalue weighted by Gasteiger charge is 2.31. The summed E-state index contributed by atoms with van der Waals surface area (Å²) in [7, 11) is 1.80. The molecule has 0 saturated heterocycles. The van der Waals surface area contributed by atoms with Crippen LogP contribution in [-0.4, -0.2) is 42.9 Å². The van der Waals surface area contributed by atoms with Crippen LogP contribution in [0.25, 0.3) is 5.65 Å². The summed E-state index contributed by atoms with van der Waals surface area (Å²) in [6.45, 7) is 4.47. The van der Waals surface area contributed by atoms with E-state index in [-0.39, 0.29) is 18.1 Å². The van der Waals surface area contributed by atoms with E-state index in [1.54, 1.807) is 28.6 Å². The Bertz CT molecular complexity index is 1010. The summed E-state index contributed by atoms with van der Waals surface area (Å²) in [5.41, 5.74) is 4.03. The Hall–Kier alpha value is -2.45. The predicted octanol–water partition coefficient (Wildman–Crippen LogP) is 2.11. The smallest absolute Gasteiger partial charge is 0.269 e. The SMILES string of the molecule is C[C@@H]1Cc2c(nn(C)c2C(=O)NCCc2cnc3c(Cl)cnn3c2)[C@H](C)O1. The minimum Gasteiger partial charge on any atom is -0.369 e. The van der Waals surface area contributed by atoms with Crippen LogP contribution in [0.2, 0.25) is 5.02 Å². The Labute approximate surface area is 161 Å². The van der Waals surface area contributed by atoms with Gasteiger partial charge in [-0.2, -0.15) is 10.2 Å². The summed E-state index contributed by atoms with van der Waals surface area (Å²) < 4.78 is 9.09. The van der Waals surface area contributed by atoms with Crippen LogP contribution in [0.1, 0.15) is 47.3 Å². The van der Waals surface area contributed by atoms with Crippen molar-refractivity contribution in [2.24, 2.45) is 7.05 Å². The molecule has 8 nitrogen and oxygen atoms in total. The number of hydrogen-bond acceptors (Lipinski definition) is 5. The zero-order valence-corrected chi connectivity index (χ0v) is 16.2. The van der Waals surface area contributed by atoms with Gasteiger partial charge in [-0.05, 0) is 25.8 Å². The van der Waals surface area contributed by atoms with Crippen molar-refractivity contribution in [2.75, 3.05) is 6.54 Å². The molecule has 3 aromatic rings. The first-order chi connectivity index (χ1) is 12.9. The molecule has 9 heteroatoms. The molecule has 0 fully saturated rings. The minimum absolute atomic E-state index is 0.0712. The number of carbonyl (C=O) groups excluding carboxylic acids is 1. The van der Waals surface area contributed by atoms with Gasteiger partial charge in [0.15, 0.2) is 5.65 Å². The number of nitrogens with one attached hydrogen (secondary N) is 1. The molecule has 0 aromatic carbocycles. The first kappa shape index (κ1) is 17.9. The molecule has 0 spiro atoms. The highest BCUT2D eigenvalue weighted by molar-refractivity contribution is 6.33. The van der Waals surface area contributed by atoms with Gasteiger partial charge in [-0.3, -0.25) is 9.48 Å². The highest BCUT2D eigenvalue weighted by atomic mass is 35.5. The molecule has 2 atom stereocenters. The average Bonchev–Trinajstić information content (AvgIpc) is 3.15. The minimum atomic E-state index is -0.122. The van der Waals surface area contributed by atoms with E-state index < -0.39 is 0 Å². The molecule has 3 aromatic heterocycles. The zero-order chi connectivity index (χ0) is 19.1. The van der Waals surface area contributed by atoms with Gasteiger partial charge >= 0.3 is 0 Å². The van der Waals surface area contributed by atoms with Gasteiger partial charge in [0.05, 0.1) is 24.1 Å². The second kappa shape index (κ2) is 6.94. The number of carbonyl (C=O) groups is 1. The van der Waals surface area contributed by atoms with Gasteiger partial charge in [-0.15, -0.1) is 0 Å². The average molecular weight is 389 g/mol. The molecule has 4 rings (SSSR count). The van der Waals surface area contributed by atoms with E-state index in [1.165, 1.54) is 0 Å². The van der Waals surface area contributed by atoms with Crippen LogP contribution in [0.5, 0.6) is 0 Å². The molecule has 142 valence electrons. The maximum absolute atomic E-state index is 12.8. The standard InChI is InChI=1S/C18H21ClN6O2/c1-10-6-13-15(11(2)27-10)23-24(3)16(13)18(26)20-5-4-12-7-21-17-14(19)8-22-25(17)9-12/h7-11H,4-6H2,1-3H3,(H,20,26)/t10-,11+/m1/s1. The van der Waals surface area contributed by atoms with Crippen molar-refractivity contribution in [3.8, 4) is 0 Å².